The van der Waals surface area contributed by atoms with Gasteiger partial charge in [-0.3, -0.25) is 14.7 Å². The molecule has 2 saturated heterocycles. The molecule has 3 aromatic rings. The van der Waals surface area contributed by atoms with E-state index in [4.69, 9.17) is 0 Å². The number of rotatable bonds is 9. The smallest absolute Gasteiger partial charge is 0.321 e. The van der Waals surface area contributed by atoms with E-state index in [1.54, 1.807) is 12.1 Å². The number of likely N-dealkylation sites (tertiary alicyclic amines) is 2. The van der Waals surface area contributed by atoms with E-state index in [0.717, 1.165) is 61.7 Å². The minimum absolute atomic E-state index is 0.0112. The van der Waals surface area contributed by atoms with Crippen molar-refractivity contribution in [3.8, 4) is 0 Å². The highest BCUT2D eigenvalue weighted by atomic mass is 32.1. The number of thiazole rings is 1. The lowest BCUT2D eigenvalue weighted by Gasteiger charge is -2.34. The van der Waals surface area contributed by atoms with Crippen LogP contribution in [0.3, 0.4) is 0 Å². The lowest BCUT2D eigenvalue weighted by Crippen LogP contribution is -2.44. The molecule has 2 aromatic heterocycles. The highest BCUT2D eigenvalue weighted by Crippen LogP contribution is 2.38. The van der Waals surface area contributed by atoms with Crippen LogP contribution in [0.25, 0.3) is 0 Å². The molecule has 0 bridgehead atoms. The maximum Gasteiger partial charge on any atom is 0.321 e. The summed E-state index contributed by atoms with van der Waals surface area (Å²) in [7, 11) is 0. The van der Waals surface area contributed by atoms with Gasteiger partial charge in [0.2, 0.25) is 0 Å². The second-order valence-electron chi connectivity index (χ2n) is 11.1. The maximum absolute atomic E-state index is 14.1. The molecule has 2 fully saturated rings. The molecule has 202 valence electrons. The number of aliphatic carboxylic acids is 1. The highest BCUT2D eigenvalue weighted by Gasteiger charge is 2.41. The molecule has 0 aliphatic carbocycles. The van der Waals surface area contributed by atoms with E-state index < -0.39 is 12.0 Å². The second kappa shape index (κ2) is 12.0. The fraction of sp³-hybridized carbons (Fsp3) is 0.500. The number of piperidine rings is 1. The molecule has 8 heteroatoms. The maximum atomic E-state index is 14.1. The fourth-order valence-corrected chi connectivity index (χ4v) is 7.38. The first-order valence-corrected chi connectivity index (χ1v) is 14.5. The van der Waals surface area contributed by atoms with Crippen molar-refractivity contribution in [3.05, 3.63) is 81.8 Å². The van der Waals surface area contributed by atoms with E-state index in [1.165, 1.54) is 10.9 Å². The molecule has 0 spiro atoms. The van der Waals surface area contributed by atoms with Crippen molar-refractivity contribution in [2.75, 3.05) is 32.7 Å². The Morgan fingerprint density at radius 1 is 1.13 bits per heavy atom. The van der Waals surface area contributed by atoms with Crippen LogP contribution in [0.2, 0.25) is 0 Å². The molecule has 3 atom stereocenters. The van der Waals surface area contributed by atoms with E-state index in [9.17, 15) is 14.3 Å². The first kappa shape index (κ1) is 26.9. The average molecular weight is 537 g/mol. The zero-order chi connectivity index (χ0) is 26.6. The molecule has 0 radical (unpaired) electrons. The van der Waals surface area contributed by atoms with Crippen LogP contribution in [0.15, 0.2) is 54.9 Å². The van der Waals surface area contributed by atoms with Crippen LogP contribution in [0.5, 0.6) is 0 Å². The Hall–Kier alpha value is -2.68. The first-order chi connectivity index (χ1) is 18.4. The van der Waals surface area contributed by atoms with E-state index in [1.807, 2.05) is 55.6 Å². The Labute approximate surface area is 228 Å². The molecule has 0 amide bonds. The number of carboxylic acid groups (broad SMARTS) is 1. The van der Waals surface area contributed by atoms with E-state index in [2.05, 4.69) is 26.0 Å². The molecular formula is C30H37FN4O2S. The molecule has 4 heterocycles. The lowest BCUT2D eigenvalue weighted by molar-refractivity contribution is -0.144. The molecule has 1 N–H and O–H groups in total. The predicted molar refractivity (Wildman–Crippen MR) is 148 cm³/mol. The van der Waals surface area contributed by atoms with Gasteiger partial charge in [0.25, 0.3) is 0 Å². The van der Waals surface area contributed by atoms with Crippen LogP contribution in [0.1, 0.15) is 59.7 Å². The quantitative estimate of drug-likeness (QED) is 0.402. The number of pyridine rings is 1. The minimum atomic E-state index is -0.772. The summed E-state index contributed by atoms with van der Waals surface area (Å²) < 4.78 is 14.1. The number of hydrogen-bond donors (Lipinski definition) is 1. The zero-order valence-corrected chi connectivity index (χ0v) is 23.0. The monoisotopic (exact) mass is 536 g/mol. The van der Waals surface area contributed by atoms with Gasteiger partial charge in [0.15, 0.2) is 0 Å². The Bertz CT molecular complexity index is 1210. The van der Waals surface area contributed by atoms with Crippen molar-refractivity contribution in [2.24, 2.45) is 11.8 Å². The number of halogens is 1. The van der Waals surface area contributed by atoms with Gasteiger partial charge in [0.1, 0.15) is 11.9 Å². The van der Waals surface area contributed by atoms with Gasteiger partial charge >= 0.3 is 5.97 Å². The van der Waals surface area contributed by atoms with Gasteiger partial charge in [-0.25, -0.2) is 9.37 Å². The molecular weight excluding hydrogens is 499 g/mol. The number of carbonyl (C=O) groups is 1. The average Bonchev–Trinajstić information content (AvgIpc) is 3.52. The van der Waals surface area contributed by atoms with Crippen LogP contribution in [-0.2, 0) is 11.2 Å². The molecule has 0 saturated carbocycles. The van der Waals surface area contributed by atoms with Gasteiger partial charge in [-0.1, -0.05) is 32.0 Å². The molecule has 2 aliphatic heterocycles. The zero-order valence-electron chi connectivity index (χ0n) is 22.2. The van der Waals surface area contributed by atoms with Crippen LogP contribution in [0, 0.1) is 17.7 Å². The minimum Gasteiger partial charge on any atom is -0.480 e. The number of hydrogen-bond acceptors (Lipinski definition) is 6. The van der Waals surface area contributed by atoms with Crippen molar-refractivity contribution in [3.63, 3.8) is 0 Å². The Morgan fingerprint density at radius 2 is 1.95 bits per heavy atom. The Morgan fingerprint density at radius 3 is 2.63 bits per heavy atom. The summed E-state index contributed by atoms with van der Waals surface area (Å²) in [6.45, 7) is 8.24. The summed E-state index contributed by atoms with van der Waals surface area (Å²) in [6.07, 6.45) is 6.84. The summed E-state index contributed by atoms with van der Waals surface area (Å²) in [6, 6.07) is 12.3. The third-order valence-corrected chi connectivity index (χ3v) is 9.30. The highest BCUT2D eigenvalue weighted by molar-refractivity contribution is 7.11. The van der Waals surface area contributed by atoms with Crippen molar-refractivity contribution in [1.82, 2.24) is 19.8 Å². The van der Waals surface area contributed by atoms with E-state index in [0.29, 0.717) is 12.5 Å². The number of benzene rings is 1. The predicted octanol–water partition coefficient (Wildman–Crippen LogP) is 5.27. The van der Waals surface area contributed by atoms with E-state index >= 15 is 0 Å². The number of nitrogens with zero attached hydrogens (tertiary/aromatic N) is 4. The van der Waals surface area contributed by atoms with Crippen LogP contribution >= 0.6 is 11.3 Å². The van der Waals surface area contributed by atoms with Crippen molar-refractivity contribution in [1.29, 1.82) is 0 Å². The number of carboxylic acids is 1. The molecule has 1 aromatic carbocycles. The van der Waals surface area contributed by atoms with Crippen molar-refractivity contribution >= 4 is 17.3 Å². The third kappa shape index (κ3) is 6.30. The van der Waals surface area contributed by atoms with Crippen molar-refractivity contribution in [2.45, 2.75) is 51.0 Å². The van der Waals surface area contributed by atoms with Gasteiger partial charge in [-0.15, -0.1) is 11.3 Å². The van der Waals surface area contributed by atoms with Crippen LogP contribution in [0.4, 0.5) is 4.39 Å². The molecule has 2 aliphatic rings. The summed E-state index contributed by atoms with van der Waals surface area (Å²) in [5, 5.41) is 11.0. The molecule has 6 nitrogen and oxygen atoms in total. The fourth-order valence-electron chi connectivity index (χ4n) is 6.28. The van der Waals surface area contributed by atoms with Gasteiger partial charge in [-0.05, 0) is 73.5 Å². The molecule has 0 unspecified atom stereocenters. The van der Waals surface area contributed by atoms with Crippen molar-refractivity contribution < 1.29 is 14.3 Å². The number of aromatic nitrogens is 2. The topological polar surface area (TPSA) is 69.6 Å². The van der Waals surface area contributed by atoms with Crippen LogP contribution < -0.4 is 0 Å². The lowest BCUT2D eigenvalue weighted by atomic mass is 9.87. The molecule has 38 heavy (non-hydrogen) atoms. The normalized spacial score (nSPS) is 22.2. The molecule has 5 rings (SSSR count). The largest absolute Gasteiger partial charge is 0.480 e. The van der Waals surface area contributed by atoms with Crippen LogP contribution in [-0.4, -0.2) is 69.6 Å². The summed E-state index contributed by atoms with van der Waals surface area (Å²) in [4.78, 5) is 27.2. The third-order valence-electron chi connectivity index (χ3n) is 8.14. The summed E-state index contributed by atoms with van der Waals surface area (Å²) >= 11 is 1.81. The van der Waals surface area contributed by atoms with E-state index in [-0.39, 0.29) is 23.6 Å². The summed E-state index contributed by atoms with van der Waals surface area (Å²) in [5.41, 5.74) is 2.02. The second-order valence-corrected chi connectivity index (χ2v) is 12.3. The van der Waals surface area contributed by atoms with Gasteiger partial charge in [0, 0.05) is 54.9 Å². The van der Waals surface area contributed by atoms with Gasteiger partial charge < -0.3 is 10.0 Å². The first-order valence-electron chi connectivity index (χ1n) is 13.7. The SMILES string of the molecule is CC(C)[C@H](C(=O)O)N1C[C@H](CN2CCC(c3cnc(Cc4ccccn4)s3)CC2)[C@@H](c2cccc(F)c2)C1. The Balaban J connectivity index is 1.22. The standard InChI is InChI=1S/C30H37FN4O2S/c1-20(2)29(30(36)37)35-18-23(26(19-35)22-6-5-7-24(31)14-22)17-34-12-9-21(10-13-34)27-16-33-28(38-27)15-25-8-3-4-11-32-25/h3-8,11,14,16,20-21,23,26,29H,9-10,12-13,15,17-19H2,1-2H3,(H,36,37)/t23-,26+,29+/m0/s1. The van der Waals surface area contributed by atoms with Gasteiger partial charge in [0.05, 0.1) is 5.01 Å². The summed E-state index contributed by atoms with van der Waals surface area (Å²) in [5.74, 6) is -0.0747. The Kier molecular flexibility index (Phi) is 8.51. The van der Waals surface area contributed by atoms with Gasteiger partial charge in [-0.2, -0.15) is 0 Å².